The molecule has 0 aromatic heterocycles. The molecule has 0 spiro atoms. The van der Waals surface area contributed by atoms with Gasteiger partial charge in [-0.05, 0) is 18.3 Å². The second-order valence-corrected chi connectivity index (χ2v) is 6.76. The van der Waals surface area contributed by atoms with E-state index in [1.807, 2.05) is 0 Å². The molecule has 0 amide bonds. The normalized spacial score (nSPS) is 11.6. The molecule has 113 valence electrons. The van der Waals surface area contributed by atoms with Gasteiger partial charge in [0.15, 0.2) is 0 Å². The molecule has 0 N–H and O–H groups in total. The Morgan fingerprint density at radius 3 is 1.68 bits per heavy atom. The predicted molar refractivity (Wildman–Crippen MR) is 81.7 cm³/mol. The number of hydrogen-bond acceptors (Lipinski definition) is 2. The van der Waals surface area contributed by atoms with E-state index in [4.69, 9.17) is 0 Å². The van der Waals surface area contributed by atoms with Crippen LogP contribution in [0.15, 0.2) is 0 Å². The van der Waals surface area contributed by atoms with E-state index in [0.29, 0.717) is 11.8 Å². The van der Waals surface area contributed by atoms with Gasteiger partial charge in [0.25, 0.3) is 0 Å². The van der Waals surface area contributed by atoms with Gasteiger partial charge < -0.3 is 4.74 Å². The summed E-state index contributed by atoms with van der Waals surface area (Å²) in [5.41, 5.74) is 0.495. The first-order valence-corrected chi connectivity index (χ1v) is 7.90. The summed E-state index contributed by atoms with van der Waals surface area (Å²) < 4.78 is 4.37. The first-order chi connectivity index (χ1) is 8.95. The van der Waals surface area contributed by atoms with E-state index in [1.54, 1.807) is 0 Å². The Kier molecular flexibility index (Phi) is 11.0. The van der Waals surface area contributed by atoms with Crippen LogP contribution < -0.4 is 0 Å². The van der Waals surface area contributed by atoms with Gasteiger partial charge in [0.2, 0.25) is 0 Å². The third-order valence-electron chi connectivity index (χ3n) is 3.47. The van der Waals surface area contributed by atoms with E-state index in [2.05, 4.69) is 32.6 Å². The number of esters is 1. The summed E-state index contributed by atoms with van der Waals surface area (Å²) in [7, 11) is 3.11. The molecule has 2 nitrogen and oxygen atoms in total. The van der Waals surface area contributed by atoms with Gasteiger partial charge in [-0.2, -0.15) is 0 Å². The average molecular weight is 269 g/mol. The quantitative estimate of drug-likeness (QED) is 0.357. The summed E-state index contributed by atoms with van der Waals surface area (Å²) >= 11 is 0. The Bertz CT molecular complexity index is 216. The molecule has 0 atom stereocenters. The zero-order valence-corrected chi connectivity index (χ0v) is 13.3. The predicted octanol–water partition coefficient (Wildman–Crippen LogP) is 5.66. The molecule has 0 aliphatic carbocycles. The van der Waals surface area contributed by atoms with Crippen LogP contribution in [-0.4, -0.2) is 5.97 Å². The first-order valence-electron chi connectivity index (χ1n) is 7.90. The molecule has 0 heterocycles. The van der Waals surface area contributed by atoms with E-state index in [-0.39, 0.29) is 5.97 Å². The number of hydrogen-bond donors (Lipinski definition) is 0. The number of ether oxygens (including phenoxy) is 1. The first kappa shape index (κ1) is 18.5. The third-order valence-corrected chi connectivity index (χ3v) is 3.47. The smallest absolute Gasteiger partial charge is 0.305 e. The van der Waals surface area contributed by atoms with Gasteiger partial charge in [0, 0.05) is 6.42 Å². The molecule has 0 aliphatic rings. The minimum Gasteiger partial charge on any atom is -0.462 e. The van der Waals surface area contributed by atoms with Crippen LogP contribution in [0.4, 0.5) is 0 Å². The SMILES string of the molecule is [CH2]OC(=O)CCCCCCCCCCCC(C)(C)C. The van der Waals surface area contributed by atoms with Crippen molar-refractivity contribution in [3.63, 3.8) is 0 Å². The Labute approximate surface area is 120 Å². The standard InChI is InChI=1S/C17H33O2/c1-17(2,3)15-13-11-9-7-5-6-8-10-12-14-16(18)19-4/h4-15H2,1-3H3. The minimum absolute atomic E-state index is 0.182. The molecular formula is C17H33O2. The second-order valence-electron chi connectivity index (χ2n) is 6.76. The fraction of sp³-hybridized carbons (Fsp3) is 0.882. The highest BCUT2D eigenvalue weighted by Gasteiger charge is 2.08. The van der Waals surface area contributed by atoms with Gasteiger partial charge in [0.05, 0.1) is 0 Å². The average Bonchev–Trinajstić information content (AvgIpc) is 2.34. The van der Waals surface area contributed by atoms with Crippen molar-refractivity contribution < 1.29 is 9.53 Å². The molecule has 0 fully saturated rings. The van der Waals surface area contributed by atoms with Gasteiger partial charge in [-0.3, -0.25) is 4.79 Å². The second kappa shape index (κ2) is 11.3. The molecule has 0 bridgehead atoms. The van der Waals surface area contributed by atoms with Gasteiger partial charge in [-0.1, -0.05) is 72.1 Å². The molecule has 0 saturated heterocycles. The van der Waals surface area contributed by atoms with Crippen LogP contribution in [0, 0.1) is 12.5 Å². The van der Waals surface area contributed by atoms with Crippen molar-refractivity contribution >= 4 is 5.97 Å². The monoisotopic (exact) mass is 269 g/mol. The van der Waals surface area contributed by atoms with Crippen molar-refractivity contribution in [2.45, 2.75) is 91.4 Å². The molecule has 0 aromatic rings. The fourth-order valence-corrected chi connectivity index (χ4v) is 2.23. The van der Waals surface area contributed by atoms with Crippen LogP contribution in [0.25, 0.3) is 0 Å². The lowest BCUT2D eigenvalue weighted by atomic mass is 9.89. The highest BCUT2D eigenvalue weighted by Crippen LogP contribution is 2.22. The third kappa shape index (κ3) is 15.4. The van der Waals surface area contributed by atoms with E-state index in [0.717, 1.165) is 12.8 Å². The molecule has 0 aromatic carbocycles. The molecule has 19 heavy (non-hydrogen) atoms. The fourth-order valence-electron chi connectivity index (χ4n) is 2.23. The van der Waals surface area contributed by atoms with E-state index in [1.165, 1.54) is 51.4 Å². The zero-order valence-electron chi connectivity index (χ0n) is 13.3. The zero-order chi connectivity index (χ0) is 14.6. The largest absolute Gasteiger partial charge is 0.462 e. The van der Waals surface area contributed by atoms with Crippen LogP contribution in [-0.2, 0) is 9.53 Å². The van der Waals surface area contributed by atoms with Crippen LogP contribution in [0.1, 0.15) is 91.4 Å². The van der Waals surface area contributed by atoms with Crippen LogP contribution >= 0.6 is 0 Å². The van der Waals surface area contributed by atoms with E-state index < -0.39 is 0 Å². The molecular weight excluding hydrogens is 236 g/mol. The van der Waals surface area contributed by atoms with Crippen molar-refractivity contribution in [1.82, 2.24) is 0 Å². The summed E-state index contributed by atoms with van der Waals surface area (Å²) in [5, 5.41) is 0. The summed E-state index contributed by atoms with van der Waals surface area (Å²) in [6.45, 7) is 6.95. The van der Waals surface area contributed by atoms with E-state index >= 15 is 0 Å². The maximum Gasteiger partial charge on any atom is 0.305 e. The van der Waals surface area contributed by atoms with Crippen molar-refractivity contribution in [2.75, 3.05) is 0 Å². The number of unbranched alkanes of at least 4 members (excludes halogenated alkanes) is 8. The molecule has 0 saturated carbocycles. The molecule has 1 radical (unpaired) electrons. The van der Waals surface area contributed by atoms with Crippen molar-refractivity contribution in [1.29, 1.82) is 0 Å². The summed E-state index contributed by atoms with van der Waals surface area (Å²) in [6, 6.07) is 0. The highest BCUT2D eigenvalue weighted by atomic mass is 16.5. The summed E-state index contributed by atoms with van der Waals surface area (Å²) in [5.74, 6) is -0.182. The minimum atomic E-state index is -0.182. The Balaban J connectivity index is 3.09. The molecule has 0 aliphatic heterocycles. The Morgan fingerprint density at radius 2 is 1.26 bits per heavy atom. The molecule has 0 rings (SSSR count). The van der Waals surface area contributed by atoms with Gasteiger partial charge in [0.1, 0.15) is 7.11 Å². The highest BCUT2D eigenvalue weighted by molar-refractivity contribution is 5.69. The Morgan fingerprint density at radius 1 is 0.842 bits per heavy atom. The maximum atomic E-state index is 10.8. The molecule has 0 unspecified atom stereocenters. The summed E-state index contributed by atoms with van der Waals surface area (Å²) in [6.07, 6.45) is 13.3. The van der Waals surface area contributed by atoms with Crippen LogP contribution in [0.3, 0.4) is 0 Å². The number of carbonyl (C=O) groups excluding carboxylic acids is 1. The lowest BCUT2D eigenvalue weighted by molar-refractivity contribution is -0.138. The van der Waals surface area contributed by atoms with Gasteiger partial charge in [-0.25, -0.2) is 0 Å². The molecule has 2 heteroatoms. The van der Waals surface area contributed by atoms with Crippen molar-refractivity contribution in [3.05, 3.63) is 7.11 Å². The Hall–Kier alpha value is -0.530. The number of carbonyl (C=O) groups is 1. The van der Waals surface area contributed by atoms with Crippen molar-refractivity contribution in [3.8, 4) is 0 Å². The number of rotatable bonds is 11. The van der Waals surface area contributed by atoms with Gasteiger partial charge >= 0.3 is 5.97 Å². The van der Waals surface area contributed by atoms with E-state index in [9.17, 15) is 4.79 Å². The summed E-state index contributed by atoms with van der Waals surface area (Å²) in [4.78, 5) is 10.8. The van der Waals surface area contributed by atoms with Crippen molar-refractivity contribution in [2.24, 2.45) is 5.41 Å². The van der Waals surface area contributed by atoms with Crippen LogP contribution in [0.5, 0.6) is 0 Å². The topological polar surface area (TPSA) is 26.3 Å². The lowest BCUT2D eigenvalue weighted by Crippen LogP contribution is -2.03. The maximum absolute atomic E-state index is 10.8. The van der Waals surface area contributed by atoms with Gasteiger partial charge in [-0.15, -0.1) is 0 Å². The lowest BCUT2D eigenvalue weighted by Gasteiger charge is -2.17. The van der Waals surface area contributed by atoms with Crippen LogP contribution in [0.2, 0.25) is 0 Å².